The maximum atomic E-state index is 10.6. The van der Waals surface area contributed by atoms with E-state index in [0.717, 1.165) is 11.8 Å². The van der Waals surface area contributed by atoms with E-state index in [1.807, 2.05) is 0 Å². The fourth-order valence-electron chi connectivity index (χ4n) is 0.608. The number of hydrogen-bond donors (Lipinski definition) is 1. The van der Waals surface area contributed by atoms with Crippen LogP contribution in [-0.4, -0.2) is 14.7 Å². The molecule has 0 atom stereocenters. The molecule has 1 heterocycles. The molecule has 1 aromatic rings. The van der Waals surface area contributed by atoms with Crippen molar-refractivity contribution in [3.8, 4) is 0 Å². The first-order valence-corrected chi connectivity index (χ1v) is 4.93. The molecule has 0 radical (unpaired) electrons. The highest BCUT2D eigenvalue weighted by molar-refractivity contribution is 7.88. The Kier molecular flexibility index (Phi) is 2.31. The summed E-state index contributed by atoms with van der Waals surface area (Å²) in [6, 6.07) is 1.71. The van der Waals surface area contributed by atoms with Crippen molar-refractivity contribution >= 4 is 10.0 Å². The zero-order chi connectivity index (χ0) is 8.32. The molecule has 1 N–H and O–H groups in total. The molecule has 0 spiro atoms. The summed E-state index contributed by atoms with van der Waals surface area (Å²) in [6.45, 7) is 0.287. The van der Waals surface area contributed by atoms with Gasteiger partial charge in [0.05, 0.1) is 18.8 Å². The van der Waals surface area contributed by atoms with Crippen molar-refractivity contribution in [1.29, 1.82) is 0 Å². The van der Waals surface area contributed by atoms with Crippen LogP contribution in [-0.2, 0) is 16.6 Å². The zero-order valence-corrected chi connectivity index (χ0v) is 6.89. The van der Waals surface area contributed by atoms with Crippen molar-refractivity contribution in [3.05, 3.63) is 24.2 Å². The normalized spacial score (nSPS) is 11.7. The number of nitrogens with one attached hydrogen (secondary N) is 1. The Labute approximate surface area is 65.3 Å². The van der Waals surface area contributed by atoms with Gasteiger partial charge >= 0.3 is 0 Å². The van der Waals surface area contributed by atoms with Gasteiger partial charge in [-0.1, -0.05) is 0 Å². The largest absolute Gasteiger partial charge is 0.472 e. The molecule has 0 amide bonds. The number of rotatable bonds is 3. The van der Waals surface area contributed by atoms with Gasteiger partial charge in [-0.15, -0.1) is 0 Å². The lowest BCUT2D eigenvalue weighted by Crippen LogP contribution is -2.20. The van der Waals surface area contributed by atoms with E-state index in [0.29, 0.717) is 0 Å². The second-order valence-corrected chi connectivity index (χ2v) is 4.06. The maximum Gasteiger partial charge on any atom is 0.209 e. The van der Waals surface area contributed by atoms with Crippen LogP contribution >= 0.6 is 0 Å². The van der Waals surface area contributed by atoms with Gasteiger partial charge in [0.25, 0.3) is 0 Å². The first-order valence-electron chi connectivity index (χ1n) is 3.03. The van der Waals surface area contributed by atoms with E-state index in [4.69, 9.17) is 4.42 Å². The fraction of sp³-hybridized carbons (Fsp3) is 0.333. The van der Waals surface area contributed by atoms with E-state index >= 15 is 0 Å². The predicted molar refractivity (Wildman–Crippen MR) is 40.4 cm³/mol. The third-order valence-electron chi connectivity index (χ3n) is 1.12. The maximum absolute atomic E-state index is 10.6. The zero-order valence-electron chi connectivity index (χ0n) is 6.07. The molecule has 0 unspecified atom stereocenters. The average Bonchev–Trinajstić information content (AvgIpc) is 2.32. The fourth-order valence-corrected chi connectivity index (χ4v) is 1.04. The van der Waals surface area contributed by atoms with Gasteiger partial charge in [-0.05, 0) is 6.07 Å². The third-order valence-corrected chi connectivity index (χ3v) is 1.79. The molecule has 0 bridgehead atoms. The Morgan fingerprint density at radius 3 is 2.82 bits per heavy atom. The standard InChI is InChI=1S/C6H9NO3S/c1-11(8,9)7-4-6-2-3-10-5-6/h2-3,5,7H,4H2,1H3. The predicted octanol–water partition coefficient (Wildman–Crippen LogP) is 0.329. The molecule has 0 aliphatic heterocycles. The van der Waals surface area contributed by atoms with E-state index in [2.05, 4.69) is 4.72 Å². The molecule has 0 saturated carbocycles. The number of sulfonamides is 1. The Morgan fingerprint density at radius 2 is 2.36 bits per heavy atom. The minimum atomic E-state index is -3.09. The van der Waals surface area contributed by atoms with Crippen molar-refractivity contribution in [2.24, 2.45) is 0 Å². The summed E-state index contributed by atoms with van der Waals surface area (Å²) in [7, 11) is -3.09. The lowest BCUT2D eigenvalue weighted by atomic mass is 10.4. The van der Waals surface area contributed by atoms with E-state index in [9.17, 15) is 8.42 Å². The van der Waals surface area contributed by atoms with Crippen LogP contribution in [0.15, 0.2) is 23.0 Å². The summed E-state index contributed by atoms with van der Waals surface area (Å²) in [5.74, 6) is 0. The van der Waals surface area contributed by atoms with E-state index in [-0.39, 0.29) is 6.54 Å². The SMILES string of the molecule is CS(=O)(=O)NCc1ccoc1. The summed E-state index contributed by atoms with van der Waals surface area (Å²) in [5.41, 5.74) is 0.815. The van der Waals surface area contributed by atoms with Crippen LogP contribution in [0.3, 0.4) is 0 Å². The van der Waals surface area contributed by atoms with E-state index in [1.165, 1.54) is 12.5 Å². The van der Waals surface area contributed by atoms with E-state index in [1.54, 1.807) is 6.07 Å². The Hall–Kier alpha value is -0.810. The van der Waals surface area contributed by atoms with E-state index < -0.39 is 10.0 Å². The highest BCUT2D eigenvalue weighted by Gasteiger charge is 2.00. The van der Waals surface area contributed by atoms with Gasteiger partial charge < -0.3 is 4.42 Å². The molecule has 62 valence electrons. The number of furan rings is 1. The average molecular weight is 175 g/mol. The highest BCUT2D eigenvalue weighted by Crippen LogP contribution is 1.98. The van der Waals surface area contributed by atoms with Crippen LogP contribution in [0.2, 0.25) is 0 Å². The summed E-state index contributed by atoms with van der Waals surface area (Å²) in [6.07, 6.45) is 4.12. The van der Waals surface area contributed by atoms with Gasteiger partial charge in [0.2, 0.25) is 10.0 Å². The van der Waals surface area contributed by atoms with Crippen molar-refractivity contribution < 1.29 is 12.8 Å². The first kappa shape index (κ1) is 8.29. The Bertz CT molecular complexity index is 301. The Balaban J connectivity index is 2.48. The molecule has 0 fully saturated rings. The van der Waals surface area contributed by atoms with Crippen molar-refractivity contribution in [3.63, 3.8) is 0 Å². The molecule has 0 aliphatic rings. The summed E-state index contributed by atoms with van der Waals surface area (Å²) in [5, 5.41) is 0. The van der Waals surface area contributed by atoms with Crippen LogP contribution in [0.1, 0.15) is 5.56 Å². The molecule has 4 nitrogen and oxygen atoms in total. The van der Waals surface area contributed by atoms with Crippen LogP contribution in [0.5, 0.6) is 0 Å². The second-order valence-electron chi connectivity index (χ2n) is 2.22. The third kappa shape index (κ3) is 3.20. The van der Waals surface area contributed by atoms with Crippen molar-refractivity contribution in [1.82, 2.24) is 4.72 Å². The second kappa shape index (κ2) is 3.06. The van der Waals surface area contributed by atoms with Crippen LogP contribution in [0, 0.1) is 0 Å². The van der Waals surface area contributed by atoms with Gasteiger partial charge in [0.15, 0.2) is 0 Å². The van der Waals surface area contributed by atoms with Crippen LogP contribution in [0.4, 0.5) is 0 Å². The van der Waals surface area contributed by atoms with Gasteiger partial charge in [-0.25, -0.2) is 13.1 Å². The molecule has 11 heavy (non-hydrogen) atoms. The topological polar surface area (TPSA) is 59.3 Å². The summed E-state index contributed by atoms with van der Waals surface area (Å²) in [4.78, 5) is 0. The minimum Gasteiger partial charge on any atom is -0.472 e. The lowest BCUT2D eigenvalue weighted by Gasteiger charge is -1.96. The summed E-state index contributed by atoms with van der Waals surface area (Å²) < 4.78 is 28.3. The molecule has 1 rings (SSSR count). The molecule has 0 saturated heterocycles. The van der Waals surface area contributed by atoms with Gasteiger partial charge in [-0.2, -0.15) is 0 Å². The molecule has 0 aliphatic carbocycles. The highest BCUT2D eigenvalue weighted by atomic mass is 32.2. The van der Waals surface area contributed by atoms with Gasteiger partial charge in [0.1, 0.15) is 0 Å². The first-order chi connectivity index (χ1) is 5.08. The molecular formula is C6H9NO3S. The monoisotopic (exact) mass is 175 g/mol. The van der Waals surface area contributed by atoms with Crippen molar-refractivity contribution in [2.75, 3.05) is 6.26 Å². The smallest absolute Gasteiger partial charge is 0.209 e. The molecular weight excluding hydrogens is 166 g/mol. The quantitative estimate of drug-likeness (QED) is 0.720. The van der Waals surface area contributed by atoms with Gasteiger partial charge in [-0.3, -0.25) is 0 Å². The molecule has 5 heteroatoms. The van der Waals surface area contributed by atoms with Crippen molar-refractivity contribution in [2.45, 2.75) is 6.54 Å². The molecule has 1 aromatic heterocycles. The van der Waals surface area contributed by atoms with Gasteiger partial charge in [0, 0.05) is 12.1 Å². The lowest BCUT2D eigenvalue weighted by molar-refractivity contribution is 0.562. The molecule has 0 aromatic carbocycles. The Morgan fingerprint density at radius 1 is 1.64 bits per heavy atom. The van der Waals surface area contributed by atoms with Crippen LogP contribution in [0.25, 0.3) is 0 Å². The minimum absolute atomic E-state index is 0.287. The summed E-state index contributed by atoms with van der Waals surface area (Å²) >= 11 is 0. The number of hydrogen-bond acceptors (Lipinski definition) is 3. The van der Waals surface area contributed by atoms with Crippen LogP contribution < -0.4 is 4.72 Å².